The van der Waals surface area contributed by atoms with Crippen molar-refractivity contribution >= 4 is 35.6 Å². The summed E-state index contributed by atoms with van der Waals surface area (Å²) in [6.45, 7) is -0.496. The standard InChI is InChI=1S/C19H18N2O4S/c1-26-16-10-7-14(8-11-16)9-12-18(23)25-13-17(22)20-21-19(24)15-5-3-2-4-6-15/h2-12H,13H2,1H3,(H,20,22)(H,21,24)/b12-9+. The van der Waals surface area contributed by atoms with Crippen LogP contribution in [0.3, 0.4) is 0 Å². The fourth-order valence-corrected chi connectivity index (χ4v) is 2.30. The Morgan fingerprint density at radius 1 is 1.00 bits per heavy atom. The van der Waals surface area contributed by atoms with Gasteiger partial charge in [-0.05, 0) is 42.2 Å². The lowest BCUT2D eigenvalue weighted by Crippen LogP contribution is -2.43. The van der Waals surface area contributed by atoms with Crippen molar-refractivity contribution in [2.75, 3.05) is 12.9 Å². The number of esters is 1. The fraction of sp³-hybridized carbons (Fsp3) is 0.105. The highest BCUT2D eigenvalue weighted by Crippen LogP contribution is 2.15. The van der Waals surface area contributed by atoms with Crippen LogP contribution in [0.15, 0.2) is 65.6 Å². The average molecular weight is 370 g/mol. The van der Waals surface area contributed by atoms with Crippen LogP contribution in [0.5, 0.6) is 0 Å². The van der Waals surface area contributed by atoms with Gasteiger partial charge in [-0.3, -0.25) is 20.4 Å². The van der Waals surface area contributed by atoms with Gasteiger partial charge in [0, 0.05) is 16.5 Å². The Kier molecular flexibility index (Phi) is 7.45. The van der Waals surface area contributed by atoms with Gasteiger partial charge in [0.15, 0.2) is 6.61 Å². The van der Waals surface area contributed by atoms with Gasteiger partial charge in [0.25, 0.3) is 11.8 Å². The minimum atomic E-state index is -0.650. The van der Waals surface area contributed by atoms with Gasteiger partial charge in [-0.1, -0.05) is 30.3 Å². The van der Waals surface area contributed by atoms with Gasteiger partial charge in [-0.25, -0.2) is 4.79 Å². The predicted octanol–water partition coefficient (Wildman–Crippen LogP) is 2.43. The van der Waals surface area contributed by atoms with E-state index in [0.29, 0.717) is 5.56 Å². The normalized spacial score (nSPS) is 10.3. The molecule has 26 heavy (non-hydrogen) atoms. The zero-order valence-corrected chi connectivity index (χ0v) is 14.9. The molecule has 0 aliphatic heterocycles. The van der Waals surface area contributed by atoms with Crippen molar-refractivity contribution < 1.29 is 19.1 Å². The summed E-state index contributed by atoms with van der Waals surface area (Å²) in [5.41, 5.74) is 5.67. The first-order valence-electron chi connectivity index (χ1n) is 7.71. The highest BCUT2D eigenvalue weighted by atomic mass is 32.2. The van der Waals surface area contributed by atoms with Crippen molar-refractivity contribution in [2.45, 2.75) is 4.90 Å². The maximum Gasteiger partial charge on any atom is 0.331 e. The van der Waals surface area contributed by atoms with Crippen molar-refractivity contribution in [3.8, 4) is 0 Å². The van der Waals surface area contributed by atoms with Crippen molar-refractivity contribution in [3.05, 3.63) is 71.8 Å². The van der Waals surface area contributed by atoms with Crippen molar-refractivity contribution in [3.63, 3.8) is 0 Å². The maximum atomic E-state index is 11.7. The van der Waals surface area contributed by atoms with Crippen LogP contribution >= 0.6 is 11.8 Å². The number of rotatable bonds is 6. The van der Waals surface area contributed by atoms with Crippen LogP contribution in [-0.4, -0.2) is 30.6 Å². The molecule has 0 bridgehead atoms. The van der Waals surface area contributed by atoms with Gasteiger partial charge in [0.1, 0.15) is 0 Å². The van der Waals surface area contributed by atoms with Crippen LogP contribution in [0.25, 0.3) is 6.08 Å². The monoisotopic (exact) mass is 370 g/mol. The molecule has 2 aromatic rings. The highest BCUT2D eigenvalue weighted by Gasteiger charge is 2.08. The van der Waals surface area contributed by atoms with Gasteiger partial charge in [0.05, 0.1) is 0 Å². The van der Waals surface area contributed by atoms with Gasteiger partial charge in [0.2, 0.25) is 0 Å². The molecule has 0 radical (unpaired) electrons. The predicted molar refractivity (Wildman–Crippen MR) is 100 cm³/mol. The summed E-state index contributed by atoms with van der Waals surface area (Å²) in [7, 11) is 0. The van der Waals surface area contributed by atoms with Gasteiger partial charge in [-0.15, -0.1) is 11.8 Å². The molecule has 0 aliphatic carbocycles. The first-order valence-corrected chi connectivity index (χ1v) is 8.94. The number of ether oxygens (including phenoxy) is 1. The number of amides is 2. The van der Waals surface area contributed by atoms with E-state index in [0.717, 1.165) is 10.5 Å². The largest absolute Gasteiger partial charge is 0.452 e. The molecule has 2 rings (SSSR count). The molecule has 0 fully saturated rings. The second-order valence-electron chi connectivity index (χ2n) is 5.08. The molecule has 0 saturated carbocycles. The summed E-state index contributed by atoms with van der Waals surface area (Å²) in [4.78, 5) is 36.1. The third-order valence-corrected chi connectivity index (χ3v) is 3.97. The number of benzene rings is 2. The van der Waals surface area contributed by atoms with E-state index in [1.54, 1.807) is 48.2 Å². The Hall–Kier alpha value is -3.06. The number of carbonyl (C=O) groups excluding carboxylic acids is 3. The van der Waals surface area contributed by atoms with E-state index >= 15 is 0 Å². The molecule has 2 aromatic carbocycles. The molecular weight excluding hydrogens is 352 g/mol. The number of carbonyl (C=O) groups is 3. The molecule has 0 heterocycles. The number of nitrogens with one attached hydrogen (secondary N) is 2. The van der Waals surface area contributed by atoms with Crippen LogP contribution in [0.4, 0.5) is 0 Å². The molecule has 0 aliphatic rings. The van der Waals surface area contributed by atoms with Gasteiger partial charge in [-0.2, -0.15) is 0 Å². The van der Waals surface area contributed by atoms with Crippen LogP contribution in [0.2, 0.25) is 0 Å². The molecule has 0 spiro atoms. The number of hydrogen-bond donors (Lipinski definition) is 2. The van der Waals surface area contributed by atoms with Crippen LogP contribution in [0.1, 0.15) is 15.9 Å². The number of thioether (sulfide) groups is 1. The topological polar surface area (TPSA) is 84.5 Å². The molecule has 7 heteroatoms. The van der Waals surface area contributed by atoms with E-state index in [1.807, 2.05) is 30.5 Å². The Balaban J connectivity index is 1.71. The van der Waals surface area contributed by atoms with Gasteiger partial charge < -0.3 is 4.74 Å². The smallest absolute Gasteiger partial charge is 0.331 e. The van der Waals surface area contributed by atoms with E-state index in [1.165, 1.54) is 6.08 Å². The average Bonchev–Trinajstić information content (AvgIpc) is 2.69. The fourth-order valence-electron chi connectivity index (χ4n) is 1.89. The van der Waals surface area contributed by atoms with E-state index < -0.39 is 24.4 Å². The van der Waals surface area contributed by atoms with Crippen molar-refractivity contribution in [1.29, 1.82) is 0 Å². The van der Waals surface area contributed by atoms with Crippen molar-refractivity contribution in [2.24, 2.45) is 0 Å². The van der Waals surface area contributed by atoms with E-state index in [-0.39, 0.29) is 0 Å². The van der Waals surface area contributed by atoms with Gasteiger partial charge >= 0.3 is 5.97 Å². The molecular formula is C19H18N2O4S. The Bertz CT molecular complexity index is 789. The van der Waals surface area contributed by atoms with Crippen LogP contribution in [0, 0.1) is 0 Å². The van der Waals surface area contributed by atoms with Crippen molar-refractivity contribution in [1.82, 2.24) is 10.9 Å². The maximum absolute atomic E-state index is 11.7. The molecule has 0 atom stereocenters. The Labute approximate surface area is 155 Å². The Morgan fingerprint density at radius 3 is 2.35 bits per heavy atom. The summed E-state index contributed by atoms with van der Waals surface area (Å²) in [5.74, 6) is -1.75. The first kappa shape index (κ1) is 19.3. The first-order chi connectivity index (χ1) is 12.6. The summed E-state index contributed by atoms with van der Waals surface area (Å²) < 4.78 is 4.82. The summed E-state index contributed by atoms with van der Waals surface area (Å²) >= 11 is 1.63. The second-order valence-corrected chi connectivity index (χ2v) is 5.96. The second kappa shape index (κ2) is 10.0. The summed E-state index contributed by atoms with van der Waals surface area (Å²) in [6, 6.07) is 16.1. The molecule has 6 nitrogen and oxygen atoms in total. The molecule has 2 N–H and O–H groups in total. The zero-order valence-electron chi connectivity index (χ0n) is 14.1. The van der Waals surface area contributed by atoms with Crippen LogP contribution in [-0.2, 0) is 14.3 Å². The lowest BCUT2D eigenvalue weighted by molar-refractivity contribution is -0.144. The van der Waals surface area contributed by atoms with E-state index in [4.69, 9.17) is 4.74 Å². The lowest BCUT2D eigenvalue weighted by atomic mass is 10.2. The summed E-state index contributed by atoms with van der Waals surface area (Å²) in [6.07, 6.45) is 4.82. The number of hydrogen-bond acceptors (Lipinski definition) is 5. The zero-order chi connectivity index (χ0) is 18.8. The van der Waals surface area contributed by atoms with E-state index in [9.17, 15) is 14.4 Å². The van der Waals surface area contributed by atoms with E-state index in [2.05, 4.69) is 10.9 Å². The third-order valence-electron chi connectivity index (χ3n) is 3.22. The lowest BCUT2D eigenvalue weighted by Gasteiger charge is -2.07. The minimum Gasteiger partial charge on any atom is -0.452 e. The SMILES string of the molecule is CSc1ccc(/C=C/C(=O)OCC(=O)NNC(=O)c2ccccc2)cc1. The Morgan fingerprint density at radius 2 is 1.69 bits per heavy atom. The molecule has 0 saturated heterocycles. The molecule has 0 aromatic heterocycles. The molecule has 134 valence electrons. The third kappa shape index (κ3) is 6.45. The highest BCUT2D eigenvalue weighted by molar-refractivity contribution is 7.98. The quantitative estimate of drug-likeness (QED) is 0.353. The molecule has 0 unspecified atom stereocenters. The van der Waals surface area contributed by atoms with Crippen LogP contribution < -0.4 is 10.9 Å². The number of hydrazine groups is 1. The summed E-state index contributed by atoms with van der Waals surface area (Å²) in [5, 5.41) is 0. The molecule has 2 amide bonds. The minimum absolute atomic E-state index is 0.403.